The van der Waals surface area contributed by atoms with E-state index in [1.54, 1.807) is 28.5 Å². The minimum absolute atomic E-state index is 0.116. The minimum atomic E-state index is -0.152. The number of amidine groups is 1. The zero-order valence-electron chi connectivity index (χ0n) is 9.15. The van der Waals surface area contributed by atoms with E-state index < -0.39 is 0 Å². The van der Waals surface area contributed by atoms with Crippen molar-refractivity contribution in [1.82, 2.24) is 13.6 Å². The molecule has 1 aromatic heterocycles. The van der Waals surface area contributed by atoms with Crippen molar-refractivity contribution in [3.8, 4) is 0 Å². The monoisotopic (exact) mass is 292 g/mol. The molecular weight excluding hydrogens is 288 g/mol. The first-order valence-corrected chi connectivity index (χ1v) is 6.07. The Labute approximate surface area is 113 Å². The van der Waals surface area contributed by atoms with Crippen LogP contribution in [0.3, 0.4) is 0 Å². The zero-order valence-corrected chi connectivity index (χ0v) is 12.1. The number of aliphatic imine (C=N–C) groups is 2. The van der Waals surface area contributed by atoms with Crippen LogP contribution in [0.25, 0.3) is 9.69 Å². The molecule has 1 aliphatic rings. The molecular formula is C10H5GaN7. The number of nitrogens with zero attached hydrogens (tertiary/aromatic N) is 7. The van der Waals surface area contributed by atoms with E-state index in [-0.39, 0.29) is 11.6 Å². The van der Waals surface area contributed by atoms with E-state index in [9.17, 15) is 0 Å². The van der Waals surface area contributed by atoms with Crippen LogP contribution in [-0.4, -0.2) is 44.6 Å². The van der Waals surface area contributed by atoms with Gasteiger partial charge in [0.15, 0.2) is 0 Å². The predicted octanol–water partition coefficient (Wildman–Crippen LogP) is 0.348. The molecule has 2 heterocycles. The Kier molecular flexibility index (Phi) is 3.53. The van der Waals surface area contributed by atoms with Gasteiger partial charge in [0.25, 0.3) is 0 Å². The Morgan fingerprint density at radius 1 is 1.28 bits per heavy atom. The third-order valence-corrected chi connectivity index (χ3v) is 2.98. The Bertz CT molecular complexity index is 616. The first kappa shape index (κ1) is 12.0. The van der Waals surface area contributed by atoms with Crippen LogP contribution in [0.5, 0.6) is 0 Å². The molecule has 0 spiro atoms. The van der Waals surface area contributed by atoms with Gasteiger partial charge >= 0.3 is 113 Å². The van der Waals surface area contributed by atoms with Gasteiger partial charge in [0.1, 0.15) is 0 Å². The van der Waals surface area contributed by atoms with Crippen LogP contribution in [-0.2, 0) is 0 Å². The quantitative estimate of drug-likeness (QED) is 0.554. The summed E-state index contributed by atoms with van der Waals surface area (Å²) in [5.41, 5.74) is 0.585. The van der Waals surface area contributed by atoms with Crippen molar-refractivity contribution < 1.29 is 0 Å². The fourth-order valence-electron chi connectivity index (χ4n) is 1.22. The van der Waals surface area contributed by atoms with E-state index in [4.69, 9.17) is 13.1 Å². The molecule has 0 saturated heterocycles. The molecule has 0 N–H and O–H groups in total. The summed E-state index contributed by atoms with van der Waals surface area (Å²) in [6.07, 6.45) is 6.25. The first-order chi connectivity index (χ1) is 8.76. The number of hydrogen-bond donors (Lipinski definition) is 0. The van der Waals surface area contributed by atoms with Crippen LogP contribution in [0, 0.1) is 13.1 Å². The van der Waals surface area contributed by atoms with Crippen molar-refractivity contribution in [2.45, 2.75) is 0 Å². The van der Waals surface area contributed by atoms with Gasteiger partial charge in [0, 0.05) is 0 Å². The second-order valence-corrected chi connectivity index (χ2v) is 4.54. The molecule has 0 atom stereocenters. The maximum absolute atomic E-state index is 6.89. The maximum atomic E-state index is 6.89. The van der Waals surface area contributed by atoms with Crippen molar-refractivity contribution in [2.75, 3.05) is 0 Å². The van der Waals surface area contributed by atoms with Gasteiger partial charge in [0.05, 0.1) is 0 Å². The molecule has 0 unspecified atom stereocenters. The van der Waals surface area contributed by atoms with Gasteiger partial charge < -0.3 is 0 Å². The third kappa shape index (κ3) is 2.30. The van der Waals surface area contributed by atoms with Gasteiger partial charge in [-0.25, -0.2) is 0 Å². The molecule has 0 aromatic carbocycles. The molecule has 18 heavy (non-hydrogen) atoms. The third-order valence-electron chi connectivity index (χ3n) is 2.01. The van der Waals surface area contributed by atoms with Gasteiger partial charge in [0.2, 0.25) is 0 Å². The van der Waals surface area contributed by atoms with Gasteiger partial charge in [-0.05, 0) is 0 Å². The first-order valence-electron chi connectivity index (χ1n) is 4.74. The molecule has 0 saturated carbocycles. The van der Waals surface area contributed by atoms with Crippen molar-refractivity contribution in [2.24, 2.45) is 9.98 Å². The van der Waals surface area contributed by atoms with Crippen molar-refractivity contribution >= 4 is 31.0 Å². The molecule has 7 nitrogen and oxygen atoms in total. The predicted molar refractivity (Wildman–Crippen MR) is 66.3 cm³/mol. The van der Waals surface area contributed by atoms with Gasteiger partial charge in [-0.1, -0.05) is 0 Å². The van der Waals surface area contributed by atoms with Crippen molar-refractivity contribution in [3.63, 3.8) is 0 Å². The van der Waals surface area contributed by atoms with Crippen LogP contribution in [0.1, 0.15) is 5.69 Å². The van der Waals surface area contributed by atoms with Gasteiger partial charge in [-0.3, -0.25) is 0 Å². The fraction of sp³-hybridized carbons (Fsp3) is 0. The summed E-state index contributed by atoms with van der Waals surface area (Å²) in [5.74, 6) is 0.518. The summed E-state index contributed by atoms with van der Waals surface area (Å²) in [5, 5.41) is 0. The van der Waals surface area contributed by atoms with Crippen LogP contribution >= 0.6 is 0 Å². The van der Waals surface area contributed by atoms with Gasteiger partial charge in [-0.15, -0.1) is 0 Å². The molecule has 8 heteroatoms. The molecule has 2 rings (SSSR count). The number of aromatic nitrogens is 2. The molecule has 1 radical (unpaired) electrons. The fourth-order valence-corrected chi connectivity index (χ4v) is 1.88. The van der Waals surface area contributed by atoms with Crippen LogP contribution < -0.4 is 0 Å². The van der Waals surface area contributed by atoms with E-state index in [0.717, 1.165) is 18.8 Å². The van der Waals surface area contributed by atoms with E-state index >= 15 is 0 Å². The summed E-state index contributed by atoms with van der Waals surface area (Å²) in [4.78, 5) is 22.5. The number of rotatable bonds is 1. The van der Waals surface area contributed by atoms with E-state index in [2.05, 4.69) is 29.6 Å². The van der Waals surface area contributed by atoms with E-state index in [1.165, 1.54) is 0 Å². The Balaban J connectivity index is 2.52. The Morgan fingerprint density at radius 3 is 2.67 bits per heavy atom. The average molecular weight is 293 g/mol. The summed E-state index contributed by atoms with van der Waals surface area (Å²) >= 11 is 0.775. The second-order valence-electron chi connectivity index (χ2n) is 3.11. The van der Waals surface area contributed by atoms with Crippen LogP contribution in [0.15, 0.2) is 40.2 Å². The van der Waals surface area contributed by atoms with E-state index in [1.807, 2.05) is 0 Å². The summed E-state index contributed by atoms with van der Waals surface area (Å²) in [6, 6.07) is 0. The van der Waals surface area contributed by atoms with Crippen LogP contribution in [0.2, 0.25) is 0 Å². The molecule has 0 bridgehead atoms. The SMILES string of the molecule is [C-]#[N+]C([N+]#[C-])=C1N=C[N]([GaH])C(c2cnccn2)=N1. The molecule has 0 aliphatic carbocycles. The molecule has 1 aromatic rings. The molecule has 83 valence electrons. The summed E-state index contributed by atoms with van der Waals surface area (Å²) < 4.78 is 1.78. The van der Waals surface area contributed by atoms with Gasteiger partial charge in [-0.2, -0.15) is 0 Å². The Hall–Kier alpha value is -2.42. The van der Waals surface area contributed by atoms with Crippen molar-refractivity contribution in [1.29, 1.82) is 0 Å². The average Bonchev–Trinajstić information content (AvgIpc) is 2.43. The molecule has 1 aliphatic heterocycles. The van der Waals surface area contributed by atoms with Crippen LogP contribution in [0.4, 0.5) is 0 Å². The topological polar surface area (TPSA) is 62.5 Å². The normalized spacial score (nSPS) is 13.6. The standard InChI is InChI=1S/C10H4N7.Ga.H/c1-11-9(12-2)10-16-6-15-8(17-10)7-5-13-3-4-14-7;;/h3-6H;;/q-1;+1;. The zero-order chi connectivity index (χ0) is 13.0. The van der Waals surface area contributed by atoms with E-state index in [0.29, 0.717) is 11.5 Å². The second kappa shape index (κ2) is 5.27. The Morgan fingerprint density at radius 2 is 2.06 bits per heavy atom. The molecule has 0 amide bonds. The summed E-state index contributed by atoms with van der Waals surface area (Å²) in [6.45, 7) is 13.8. The number of hydrogen-bond acceptors (Lipinski definition) is 5. The summed E-state index contributed by atoms with van der Waals surface area (Å²) in [7, 11) is 0. The van der Waals surface area contributed by atoms with Crippen molar-refractivity contribution in [3.05, 3.63) is 58.8 Å². The molecule has 0 fully saturated rings.